The van der Waals surface area contributed by atoms with Crippen molar-refractivity contribution in [3.8, 4) is 11.6 Å². The smallest absolute Gasteiger partial charge is 0.255 e. The molecule has 30 heavy (non-hydrogen) atoms. The number of benzene rings is 2. The van der Waals surface area contributed by atoms with Gasteiger partial charge >= 0.3 is 0 Å². The molecule has 0 aliphatic carbocycles. The summed E-state index contributed by atoms with van der Waals surface area (Å²) in [6.07, 6.45) is 5.08. The van der Waals surface area contributed by atoms with Crippen LogP contribution in [0.25, 0.3) is 5.82 Å². The summed E-state index contributed by atoms with van der Waals surface area (Å²) in [6, 6.07) is 16.2. The monoisotopic (exact) mass is 400 g/mol. The molecule has 8 heteroatoms. The molecular weight excluding hydrogens is 380 g/mol. The number of anilines is 3. The van der Waals surface area contributed by atoms with Gasteiger partial charge in [0.25, 0.3) is 5.91 Å². The van der Waals surface area contributed by atoms with Crippen LogP contribution >= 0.6 is 0 Å². The zero-order valence-corrected chi connectivity index (χ0v) is 16.5. The van der Waals surface area contributed by atoms with Crippen LogP contribution in [0.2, 0.25) is 0 Å². The van der Waals surface area contributed by atoms with E-state index in [1.165, 1.54) is 6.33 Å². The highest BCUT2D eigenvalue weighted by Crippen LogP contribution is 2.20. The number of aryl methyl sites for hydroxylation is 1. The standard InChI is InChI=1S/C22H20N6O2/c1-15-23-11-12-28(15)21-13-20(24-14-25-21)26-17-5-7-18(8-6-17)27-22(29)16-3-9-19(30-2)10-4-16/h3-14H,1-2H3,(H,27,29)(H,24,25,26). The highest BCUT2D eigenvalue weighted by molar-refractivity contribution is 6.04. The second kappa shape index (κ2) is 8.44. The molecule has 0 atom stereocenters. The molecule has 0 fully saturated rings. The molecule has 0 aliphatic heterocycles. The zero-order chi connectivity index (χ0) is 20.9. The van der Waals surface area contributed by atoms with E-state index in [0.29, 0.717) is 22.8 Å². The van der Waals surface area contributed by atoms with Crippen molar-refractivity contribution in [2.75, 3.05) is 17.7 Å². The van der Waals surface area contributed by atoms with Crippen molar-refractivity contribution in [3.05, 3.63) is 84.7 Å². The number of carbonyl (C=O) groups is 1. The number of rotatable bonds is 6. The third kappa shape index (κ3) is 4.27. The first-order valence-electron chi connectivity index (χ1n) is 9.27. The summed E-state index contributed by atoms with van der Waals surface area (Å²) in [5.41, 5.74) is 2.09. The number of methoxy groups -OCH3 is 1. The van der Waals surface area contributed by atoms with E-state index in [9.17, 15) is 4.79 Å². The Hall–Kier alpha value is -4.20. The molecule has 0 aliphatic rings. The summed E-state index contributed by atoms with van der Waals surface area (Å²) >= 11 is 0. The van der Waals surface area contributed by atoms with Crippen molar-refractivity contribution in [1.82, 2.24) is 19.5 Å². The maximum atomic E-state index is 12.4. The lowest BCUT2D eigenvalue weighted by molar-refractivity contribution is 0.102. The Morgan fingerprint density at radius 3 is 2.37 bits per heavy atom. The number of amides is 1. The molecule has 150 valence electrons. The molecule has 0 radical (unpaired) electrons. The highest BCUT2D eigenvalue weighted by atomic mass is 16.5. The van der Waals surface area contributed by atoms with Gasteiger partial charge in [-0.15, -0.1) is 0 Å². The largest absolute Gasteiger partial charge is 0.497 e. The van der Waals surface area contributed by atoms with Crippen LogP contribution in [0.4, 0.5) is 17.2 Å². The predicted molar refractivity (Wildman–Crippen MR) is 115 cm³/mol. The number of hydrogen-bond acceptors (Lipinski definition) is 6. The average Bonchev–Trinajstić information content (AvgIpc) is 3.21. The molecule has 4 aromatic rings. The fourth-order valence-corrected chi connectivity index (χ4v) is 2.90. The van der Waals surface area contributed by atoms with Crippen LogP contribution in [-0.2, 0) is 0 Å². The van der Waals surface area contributed by atoms with Crippen LogP contribution in [0.3, 0.4) is 0 Å². The van der Waals surface area contributed by atoms with Crippen molar-refractivity contribution in [3.63, 3.8) is 0 Å². The number of carbonyl (C=O) groups excluding carboxylic acids is 1. The van der Waals surface area contributed by atoms with Gasteiger partial charge in [0.2, 0.25) is 0 Å². The van der Waals surface area contributed by atoms with Crippen LogP contribution in [-0.4, -0.2) is 32.5 Å². The Morgan fingerprint density at radius 2 is 1.70 bits per heavy atom. The molecule has 8 nitrogen and oxygen atoms in total. The maximum absolute atomic E-state index is 12.4. The number of imidazole rings is 1. The van der Waals surface area contributed by atoms with Gasteiger partial charge in [-0.2, -0.15) is 0 Å². The second-order valence-corrected chi connectivity index (χ2v) is 6.49. The van der Waals surface area contributed by atoms with Gasteiger partial charge in [0.15, 0.2) is 0 Å². The molecule has 2 aromatic heterocycles. The Bertz CT molecular complexity index is 1150. The summed E-state index contributed by atoms with van der Waals surface area (Å²) < 4.78 is 6.99. The molecule has 2 N–H and O–H groups in total. The molecule has 4 rings (SSSR count). The summed E-state index contributed by atoms with van der Waals surface area (Å²) in [5, 5.41) is 6.12. The van der Waals surface area contributed by atoms with Gasteiger partial charge in [-0.25, -0.2) is 15.0 Å². The second-order valence-electron chi connectivity index (χ2n) is 6.49. The van der Waals surface area contributed by atoms with E-state index in [2.05, 4.69) is 25.6 Å². The van der Waals surface area contributed by atoms with Crippen LogP contribution < -0.4 is 15.4 Å². The lowest BCUT2D eigenvalue weighted by atomic mass is 10.2. The van der Waals surface area contributed by atoms with Crippen molar-refractivity contribution in [2.45, 2.75) is 6.92 Å². The minimum atomic E-state index is -0.186. The number of hydrogen-bond donors (Lipinski definition) is 2. The topological polar surface area (TPSA) is 94.0 Å². The van der Waals surface area contributed by atoms with E-state index in [1.807, 2.05) is 48.0 Å². The average molecular weight is 400 g/mol. The molecule has 2 aromatic carbocycles. The van der Waals surface area contributed by atoms with Gasteiger partial charge in [0, 0.05) is 35.4 Å². The molecule has 0 unspecified atom stereocenters. The minimum absolute atomic E-state index is 0.186. The van der Waals surface area contributed by atoms with E-state index in [0.717, 1.165) is 17.3 Å². The Morgan fingerprint density at radius 1 is 0.967 bits per heavy atom. The van der Waals surface area contributed by atoms with E-state index >= 15 is 0 Å². The first kappa shape index (κ1) is 19.1. The summed E-state index contributed by atoms with van der Waals surface area (Å²) in [4.78, 5) is 25.1. The fraction of sp³-hybridized carbons (Fsp3) is 0.0909. The van der Waals surface area contributed by atoms with E-state index in [-0.39, 0.29) is 5.91 Å². The van der Waals surface area contributed by atoms with Crippen LogP contribution in [0, 0.1) is 6.92 Å². The maximum Gasteiger partial charge on any atom is 0.255 e. The SMILES string of the molecule is COc1ccc(C(=O)Nc2ccc(Nc3cc(-n4ccnc4C)ncn3)cc2)cc1. The summed E-state index contributed by atoms with van der Waals surface area (Å²) in [5.74, 6) is 2.75. The van der Waals surface area contributed by atoms with Gasteiger partial charge in [0.1, 0.15) is 29.5 Å². The molecule has 0 bridgehead atoms. The van der Waals surface area contributed by atoms with Gasteiger partial charge in [-0.1, -0.05) is 0 Å². The summed E-state index contributed by atoms with van der Waals surface area (Å²) in [6.45, 7) is 1.91. The van der Waals surface area contributed by atoms with E-state index in [1.54, 1.807) is 37.6 Å². The normalized spacial score (nSPS) is 10.5. The fourth-order valence-electron chi connectivity index (χ4n) is 2.90. The van der Waals surface area contributed by atoms with E-state index < -0.39 is 0 Å². The van der Waals surface area contributed by atoms with E-state index in [4.69, 9.17) is 4.74 Å². The van der Waals surface area contributed by atoms with Crippen molar-refractivity contribution >= 4 is 23.1 Å². The number of nitrogens with zero attached hydrogens (tertiary/aromatic N) is 4. The molecular formula is C22H20N6O2. The molecule has 1 amide bonds. The minimum Gasteiger partial charge on any atom is -0.497 e. The van der Waals surface area contributed by atoms with Gasteiger partial charge < -0.3 is 15.4 Å². The Labute approximate surface area is 173 Å². The Balaban J connectivity index is 1.42. The molecule has 0 saturated carbocycles. The first-order valence-corrected chi connectivity index (χ1v) is 9.27. The predicted octanol–water partition coefficient (Wildman–Crippen LogP) is 3.98. The number of nitrogens with one attached hydrogen (secondary N) is 2. The van der Waals surface area contributed by atoms with Crippen LogP contribution in [0.1, 0.15) is 16.2 Å². The van der Waals surface area contributed by atoms with Gasteiger partial charge in [-0.05, 0) is 55.5 Å². The molecule has 0 spiro atoms. The van der Waals surface area contributed by atoms with Crippen molar-refractivity contribution < 1.29 is 9.53 Å². The third-order valence-corrected chi connectivity index (χ3v) is 4.49. The first-order chi connectivity index (χ1) is 14.6. The van der Waals surface area contributed by atoms with Crippen LogP contribution in [0.5, 0.6) is 5.75 Å². The van der Waals surface area contributed by atoms with Gasteiger partial charge in [-0.3, -0.25) is 9.36 Å². The van der Waals surface area contributed by atoms with Crippen molar-refractivity contribution in [1.29, 1.82) is 0 Å². The number of aromatic nitrogens is 4. The zero-order valence-electron chi connectivity index (χ0n) is 16.5. The quantitative estimate of drug-likeness (QED) is 0.509. The molecule has 2 heterocycles. The van der Waals surface area contributed by atoms with Crippen LogP contribution in [0.15, 0.2) is 73.3 Å². The third-order valence-electron chi connectivity index (χ3n) is 4.49. The lowest BCUT2D eigenvalue weighted by Gasteiger charge is -2.10. The molecule has 0 saturated heterocycles. The summed E-state index contributed by atoms with van der Waals surface area (Å²) in [7, 11) is 1.59. The van der Waals surface area contributed by atoms with Gasteiger partial charge in [0.05, 0.1) is 7.11 Å². The lowest BCUT2D eigenvalue weighted by Crippen LogP contribution is -2.11. The number of ether oxygens (including phenoxy) is 1. The van der Waals surface area contributed by atoms with Crippen molar-refractivity contribution in [2.24, 2.45) is 0 Å². The highest BCUT2D eigenvalue weighted by Gasteiger charge is 2.07. The Kier molecular flexibility index (Phi) is 5.38.